The highest BCUT2D eigenvalue weighted by Gasteiger charge is 2.19. The first-order valence-electron chi connectivity index (χ1n) is 7.09. The number of anilines is 1. The van der Waals surface area contributed by atoms with Crippen LogP contribution in [0, 0.1) is 0 Å². The average Bonchev–Trinajstić information content (AvgIpc) is 3.02. The third-order valence-electron chi connectivity index (χ3n) is 3.56. The lowest BCUT2D eigenvalue weighted by atomic mass is 10.2. The first-order valence-corrected chi connectivity index (χ1v) is 7.09. The number of hydrogen-bond acceptors (Lipinski definition) is 9. The highest BCUT2D eigenvalue weighted by molar-refractivity contribution is 5.93. The molecule has 0 spiro atoms. The first kappa shape index (κ1) is 14.6. The summed E-state index contributed by atoms with van der Waals surface area (Å²) in [4.78, 5) is 16.3. The van der Waals surface area contributed by atoms with E-state index in [1.807, 2.05) is 0 Å². The van der Waals surface area contributed by atoms with Crippen molar-refractivity contribution in [2.75, 3.05) is 5.73 Å². The molecule has 0 atom stereocenters. The summed E-state index contributed by atoms with van der Waals surface area (Å²) in [6, 6.07) is 6.49. The third kappa shape index (κ3) is 2.24. The van der Waals surface area contributed by atoms with Crippen molar-refractivity contribution in [3.63, 3.8) is 0 Å². The molecule has 10 nitrogen and oxygen atoms in total. The molecule has 0 aliphatic heterocycles. The number of phenolic OH excluding ortho intramolecular Hbond substituents is 3. The van der Waals surface area contributed by atoms with Gasteiger partial charge in [0.15, 0.2) is 17.3 Å². The molecule has 0 saturated heterocycles. The largest absolute Gasteiger partial charge is 0.504 e. The van der Waals surface area contributed by atoms with Crippen molar-refractivity contribution >= 4 is 16.9 Å². The van der Waals surface area contributed by atoms with Crippen LogP contribution in [-0.4, -0.2) is 45.0 Å². The van der Waals surface area contributed by atoms with Crippen molar-refractivity contribution < 1.29 is 15.3 Å². The Hall–Kier alpha value is -3.95. The number of nitrogens with zero attached hydrogens (tertiary/aromatic N) is 6. The summed E-state index contributed by atoms with van der Waals surface area (Å²) >= 11 is 0. The van der Waals surface area contributed by atoms with Gasteiger partial charge in [0, 0.05) is 6.20 Å². The minimum Gasteiger partial charge on any atom is -0.504 e. The van der Waals surface area contributed by atoms with Gasteiger partial charge in [-0.15, -0.1) is 5.10 Å². The zero-order chi connectivity index (χ0) is 17.6. The average molecular weight is 337 g/mol. The predicted molar refractivity (Wildman–Crippen MR) is 87.1 cm³/mol. The minimum atomic E-state index is -0.669. The maximum absolute atomic E-state index is 9.98. The monoisotopic (exact) mass is 337 g/mol. The van der Waals surface area contributed by atoms with E-state index in [0.29, 0.717) is 5.69 Å². The van der Waals surface area contributed by atoms with Crippen molar-refractivity contribution in [2.24, 2.45) is 0 Å². The second kappa shape index (κ2) is 5.30. The summed E-state index contributed by atoms with van der Waals surface area (Å²) < 4.78 is 1.24. The molecular weight excluding hydrogens is 326 g/mol. The summed E-state index contributed by atoms with van der Waals surface area (Å²) in [7, 11) is 0. The van der Waals surface area contributed by atoms with E-state index in [-0.39, 0.29) is 28.5 Å². The van der Waals surface area contributed by atoms with Crippen LogP contribution in [0.1, 0.15) is 0 Å². The fraction of sp³-hybridized carbons (Fsp3) is 0. The van der Waals surface area contributed by atoms with Gasteiger partial charge in [0.2, 0.25) is 17.5 Å². The molecule has 5 N–H and O–H groups in total. The molecule has 3 aromatic heterocycles. The Morgan fingerprint density at radius 2 is 1.84 bits per heavy atom. The van der Waals surface area contributed by atoms with E-state index in [9.17, 15) is 15.3 Å². The lowest BCUT2D eigenvalue weighted by Crippen LogP contribution is -2.06. The standard InChI is InChI=1S/C15H11N7O3/c16-15-20-13(8-3-1-2-4-17-8)21-22(15)14-7-5-9(23)11(24)12(25)10(7)18-6-19-14/h1-6,23-25H,(H2,16,20,21). The SMILES string of the molecule is Nc1nc(-c2ccccn2)nn1-c1ncnc2c(O)c(O)c(O)cc12. The fourth-order valence-corrected chi connectivity index (χ4v) is 2.40. The number of rotatable bonds is 2. The minimum absolute atomic E-state index is 0.0349. The molecule has 1 aromatic carbocycles. The molecule has 0 aliphatic carbocycles. The summed E-state index contributed by atoms with van der Waals surface area (Å²) in [6.07, 6.45) is 2.78. The molecule has 0 radical (unpaired) electrons. The Morgan fingerprint density at radius 1 is 1.00 bits per heavy atom. The number of phenols is 3. The molecule has 0 unspecified atom stereocenters. The number of nitrogen functional groups attached to an aromatic ring is 1. The molecule has 0 amide bonds. The van der Waals surface area contributed by atoms with Crippen LogP contribution in [0.25, 0.3) is 28.2 Å². The van der Waals surface area contributed by atoms with E-state index < -0.39 is 17.2 Å². The number of fused-ring (bicyclic) bond motifs is 1. The zero-order valence-corrected chi connectivity index (χ0v) is 12.6. The number of nitrogens with two attached hydrogens (primary N) is 1. The molecule has 4 aromatic rings. The van der Waals surface area contributed by atoms with Gasteiger partial charge >= 0.3 is 0 Å². The lowest BCUT2D eigenvalue weighted by molar-refractivity contribution is 0.371. The van der Waals surface area contributed by atoms with Crippen molar-refractivity contribution in [1.29, 1.82) is 0 Å². The van der Waals surface area contributed by atoms with Gasteiger partial charge in [-0.05, 0) is 18.2 Å². The first-order chi connectivity index (χ1) is 12.1. The van der Waals surface area contributed by atoms with Gasteiger partial charge in [0.25, 0.3) is 0 Å². The van der Waals surface area contributed by atoms with E-state index in [1.165, 1.54) is 17.1 Å². The molecule has 0 aliphatic rings. The number of aromatic nitrogens is 6. The van der Waals surface area contributed by atoms with Crippen LogP contribution in [0.4, 0.5) is 5.95 Å². The van der Waals surface area contributed by atoms with Gasteiger partial charge in [0.05, 0.1) is 5.39 Å². The Balaban J connectivity index is 1.96. The van der Waals surface area contributed by atoms with Gasteiger partial charge in [-0.1, -0.05) is 6.07 Å². The van der Waals surface area contributed by atoms with Crippen LogP contribution in [0.15, 0.2) is 36.8 Å². The smallest absolute Gasteiger partial charge is 0.225 e. The highest BCUT2D eigenvalue weighted by atomic mass is 16.3. The number of pyridine rings is 1. The van der Waals surface area contributed by atoms with Gasteiger partial charge in [-0.25, -0.2) is 9.97 Å². The van der Waals surface area contributed by atoms with Crippen LogP contribution < -0.4 is 5.73 Å². The van der Waals surface area contributed by atoms with Crippen LogP contribution in [0.5, 0.6) is 17.2 Å². The summed E-state index contributed by atoms with van der Waals surface area (Å²) in [5.41, 5.74) is 6.49. The topological polar surface area (TPSA) is 156 Å². The normalized spacial score (nSPS) is 11.0. The molecule has 0 fully saturated rings. The van der Waals surface area contributed by atoms with E-state index in [1.54, 1.807) is 24.4 Å². The van der Waals surface area contributed by atoms with E-state index in [4.69, 9.17) is 5.73 Å². The van der Waals surface area contributed by atoms with E-state index >= 15 is 0 Å². The molecule has 4 rings (SSSR count). The van der Waals surface area contributed by atoms with E-state index in [2.05, 4.69) is 25.0 Å². The number of benzene rings is 1. The van der Waals surface area contributed by atoms with Crippen LogP contribution in [-0.2, 0) is 0 Å². The van der Waals surface area contributed by atoms with Gasteiger partial charge in [-0.2, -0.15) is 9.67 Å². The van der Waals surface area contributed by atoms with E-state index in [0.717, 1.165) is 0 Å². The predicted octanol–water partition coefficient (Wildman–Crippen LogP) is 0.971. The van der Waals surface area contributed by atoms with Gasteiger partial charge in [0.1, 0.15) is 17.5 Å². The summed E-state index contributed by atoms with van der Waals surface area (Å²) in [5, 5.41) is 33.9. The van der Waals surface area contributed by atoms with Crippen molar-refractivity contribution in [3.8, 4) is 34.6 Å². The summed E-state index contributed by atoms with van der Waals surface area (Å²) in [6.45, 7) is 0. The number of aromatic hydroxyl groups is 3. The quantitative estimate of drug-likeness (QED) is 0.391. The molecule has 25 heavy (non-hydrogen) atoms. The molecule has 0 saturated carbocycles. The number of hydrogen-bond donors (Lipinski definition) is 4. The fourth-order valence-electron chi connectivity index (χ4n) is 2.40. The second-order valence-electron chi connectivity index (χ2n) is 5.11. The van der Waals surface area contributed by atoms with Crippen molar-refractivity contribution in [3.05, 3.63) is 36.8 Å². The molecule has 124 valence electrons. The zero-order valence-electron chi connectivity index (χ0n) is 12.6. The van der Waals surface area contributed by atoms with Gasteiger partial charge < -0.3 is 21.1 Å². The third-order valence-corrected chi connectivity index (χ3v) is 3.56. The molecule has 10 heteroatoms. The van der Waals surface area contributed by atoms with Crippen LogP contribution in [0.2, 0.25) is 0 Å². The Kier molecular flexibility index (Phi) is 3.10. The van der Waals surface area contributed by atoms with Gasteiger partial charge in [-0.3, -0.25) is 4.98 Å². The summed E-state index contributed by atoms with van der Waals surface area (Å²) in [5.74, 6) is -1.25. The maximum Gasteiger partial charge on any atom is 0.225 e. The van der Waals surface area contributed by atoms with Crippen LogP contribution in [0.3, 0.4) is 0 Å². The molecule has 3 heterocycles. The van der Waals surface area contributed by atoms with Crippen molar-refractivity contribution in [2.45, 2.75) is 0 Å². The lowest BCUT2D eigenvalue weighted by Gasteiger charge is -2.08. The molecule has 0 bridgehead atoms. The second-order valence-corrected chi connectivity index (χ2v) is 5.11. The Labute approximate surface area is 139 Å². The highest BCUT2D eigenvalue weighted by Crippen LogP contribution is 2.41. The van der Waals surface area contributed by atoms with Crippen LogP contribution >= 0.6 is 0 Å². The molecular formula is C15H11N7O3. The van der Waals surface area contributed by atoms with Crippen molar-refractivity contribution in [1.82, 2.24) is 29.7 Å². The Morgan fingerprint density at radius 3 is 2.60 bits per heavy atom. The maximum atomic E-state index is 9.98. The Bertz CT molecular complexity index is 1100.